The summed E-state index contributed by atoms with van der Waals surface area (Å²) in [5.74, 6) is 2.43. The minimum atomic E-state index is -0.487. The fourth-order valence-corrected chi connectivity index (χ4v) is 4.78. The van der Waals surface area contributed by atoms with Gasteiger partial charge in [-0.2, -0.15) is 0 Å². The van der Waals surface area contributed by atoms with Crippen LogP contribution in [0.25, 0.3) is 0 Å². The van der Waals surface area contributed by atoms with E-state index in [1.54, 1.807) is 0 Å². The predicted octanol–water partition coefficient (Wildman–Crippen LogP) is 3.32. The zero-order chi connectivity index (χ0) is 23.4. The minimum Gasteiger partial charge on any atom is -0.381 e. The third kappa shape index (κ3) is 4.59. The molecule has 0 unspecified atom stereocenters. The Bertz CT molecular complexity index is 1090. The van der Waals surface area contributed by atoms with Crippen LogP contribution in [0.4, 0.5) is 17.5 Å². The molecule has 0 atom stereocenters. The summed E-state index contributed by atoms with van der Waals surface area (Å²) in [7, 11) is 0. The summed E-state index contributed by atoms with van der Waals surface area (Å²) in [5.41, 5.74) is 1.72. The standard InChI is InChI=1S/C26H30N6O2/c1-20-7-8-22(27-19-20)28-23-9-10-24(30-29-23)31-13-15-32(16-14-31)25(33)26(11-17-34-18-12-26)21-5-3-2-4-6-21/h2-10,19H,11-18H2,1H3,(H,27,28,29). The fourth-order valence-electron chi connectivity index (χ4n) is 4.78. The molecule has 0 radical (unpaired) electrons. The number of anilines is 3. The number of rotatable bonds is 5. The van der Waals surface area contributed by atoms with E-state index in [0.717, 1.165) is 48.7 Å². The molecule has 34 heavy (non-hydrogen) atoms. The van der Waals surface area contributed by atoms with Gasteiger partial charge in [-0.05, 0) is 49.1 Å². The summed E-state index contributed by atoms with van der Waals surface area (Å²) in [6.45, 7) is 6.04. The van der Waals surface area contributed by atoms with Crippen LogP contribution in [0.5, 0.6) is 0 Å². The van der Waals surface area contributed by atoms with Gasteiger partial charge in [0.05, 0.1) is 5.41 Å². The third-order valence-corrected chi connectivity index (χ3v) is 6.79. The SMILES string of the molecule is Cc1ccc(Nc2ccc(N3CCN(C(=O)C4(c5ccccc5)CCOCC4)CC3)nn2)nc1. The number of benzene rings is 1. The molecular formula is C26H30N6O2. The predicted molar refractivity (Wildman–Crippen MR) is 131 cm³/mol. The summed E-state index contributed by atoms with van der Waals surface area (Å²) in [4.78, 5) is 22.3. The van der Waals surface area contributed by atoms with Crippen molar-refractivity contribution in [1.29, 1.82) is 0 Å². The van der Waals surface area contributed by atoms with Gasteiger partial charge in [0.1, 0.15) is 5.82 Å². The monoisotopic (exact) mass is 458 g/mol. The van der Waals surface area contributed by atoms with E-state index in [4.69, 9.17) is 4.74 Å². The van der Waals surface area contributed by atoms with Crippen LogP contribution in [0, 0.1) is 6.92 Å². The number of carbonyl (C=O) groups excluding carboxylic acids is 1. The van der Waals surface area contributed by atoms with Gasteiger partial charge >= 0.3 is 0 Å². The van der Waals surface area contributed by atoms with E-state index in [1.807, 2.05) is 60.5 Å². The Morgan fingerprint density at radius 2 is 1.65 bits per heavy atom. The lowest BCUT2D eigenvalue weighted by Gasteiger charge is -2.43. The maximum Gasteiger partial charge on any atom is 0.233 e. The normalized spacial score (nSPS) is 17.9. The first-order valence-corrected chi connectivity index (χ1v) is 11.9. The number of carbonyl (C=O) groups is 1. The van der Waals surface area contributed by atoms with Crippen LogP contribution in [0.1, 0.15) is 24.0 Å². The lowest BCUT2D eigenvalue weighted by Crippen LogP contribution is -2.56. The van der Waals surface area contributed by atoms with Crippen LogP contribution < -0.4 is 10.2 Å². The molecule has 2 saturated heterocycles. The van der Waals surface area contributed by atoms with Crippen LogP contribution in [-0.2, 0) is 14.9 Å². The highest BCUT2D eigenvalue weighted by molar-refractivity contribution is 5.88. The van der Waals surface area contributed by atoms with Crippen molar-refractivity contribution in [3.05, 3.63) is 71.9 Å². The fraction of sp³-hybridized carbons (Fsp3) is 0.385. The highest BCUT2D eigenvalue weighted by atomic mass is 16.5. The Balaban J connectivity index is 1.22. The number of pyridine rings is 1. The molecule has 1 amide bonds. The molecule has 8 heteroatoms. The van der Waals surface area contributed by atoms with E-state index in [2.05, 4.69) is 37.5 Å². The van der Waals surface area contributed by atoms with Gasteiger partial charge in [0, 0.05) is 45.6 Å². The molecule has 2 aromatic heterocycles. The van der Waals surface area contributed by atoms with Gasteiger partial charge in [-0.3, -0.25) is 4.79 Å². The Hall–Kier alpha value is -3.52. The Labute approximate surface area is 200 Å². The largest absolute Gasteiger partial charge is 0.381 e. The third-order valence-electron chi connectivity index (χ3n) is 6.79. The van der Waals surface area contributed by atoms with E-state index < -0.39 is 5.41 Å². The van der Waals surface area contributed by atoms with E-state index in [9.17, 15) is 4.79 Å². The Kier molecular flexibility index (Phi) is 6.40. The molecule has 5 rings (SSSR count). The van der Waals surface area contributed by atoms with Gasteiger partial charge in [-0.25, -0.2) is 4.98 Å². The molecule has 0 aliphatic carbocycles. The summed E-state index contributed by atoms with van der Waals surface area (Å²) >= 11 is 0. The van der Waals surface area contributed by atoms with Gasteiger partial charge < -0.3 is 19.9 Å². The number of aromatic nitrogens is 3. The van der Waals surface area contributed by atoms with Crippen LogP contribution in [0.15, 0.2) is 60.8 Å². The zero-order valence-corrected chi connectivity index (χ0v) is 19.5. The number of nitrogens with one attached hydrogen (secondary N) is 1. The van der Waals surface area contributed by atoms with Crippen molar-refractivity contribution >= 4 is 23.4 Å². The van der Waals surface area contributed by atoms with E-state index in [0.29, 0.717) is 32.1 Å². The molecule has 176 valence electrons. The first kappa shape index (κ1) is 22.3. The average molecular weight is 459 g/mol. The van der Waals surface area contributed by atoms with Gasteiger partial charge in [-0.1, -0.05) is 36.4 Å². The summed E-state index contributed by atoms with van der Waals surface area (Å²) in [6.07, 6.45) is 3.27. The van der Waals surface area contributed by atoms with Crippen molar-refractivity contribution < 1.29 is 9.53 Å². The molecule has 0 bridgehead atoms. The molecular weight excluding hydrogens is 428 g/mol. The number of hydrogen-bond donors (Lipinski definition) is 1. The lowest BCUT2D eigenvalue weighted by atomic mass is 9.73. The van der Waals surface area contributed by atoms with Crippen LogP contribution >= 0.6 is 0 Å². The van der Waals surface area contributed by atoms with Crippen molar-refractivity contribution in [2.24, 2.45) is 0 Å². The second-order valence-electron chi connectivity index (χ2n) is 8.96. The summed E-state index contributed by atoms with van der Waals surface area (Å²) in [5, 5.41) is 11.9. The number of amides is 1. The highest BCUT2D eigenvalue weighted by Gasteiger charge is 2.44. The van der Waals surface area contributed by atoms with Crippen LogP contribution in [0.3, 0.4) is 0 Å². The van der Waals surface area contributed by atoms with E-state index in [-0.39, 0.29) is 5.91 Å². The van der Waals surface area contributed by atoms with Gasteiger partial charge in [0.25, 0.3) is 0 Å². The first-order valence-electron chi connectivity index (χ1n) is 11.9. The second kappa shape index (κ2) is 9.77. The molecule has 1 N–H and O–H groups in total. The summed E-state index contributed by atoms with van der Waals surface area (Å²) < 4.78 is 5.61. The number of nitrogens with zero attached hydrogens (tertiary/aromatic N) is 5. The molecule has 2 fully saturated rings. The van der Waals surface area contributed by atoms with Gasteiger partial charge in [-0.15, -0.1) is 10.2 Å². The van der Waals surface area contributed by atoms with Crippen molar-refractivity contribution in [3.8, 4) is 0 Å². The Morgan fingerprint density at radius 1 is 0.912 bits per heavy atom. The van der Waals surface area contributed by atoms with Crippen LogP contribution in [-0.4, -0.2) is 65.4 Å². The topological polar surface area (TPSA) is 83.5 Å². The maximum absolute atomic E-state index is 13.8. The number of hydrogen-bond acceptors (Lipinski definition) is 7. The Morgan fingerprint density at radius 3 is 2.29 bits per heavy atom. The molecule has 0 spiro atoms. The summed E-state index contributed by atoms with van der Waals surface area (Å²) in [6, 6.07) is 18.0. The first-order chi connectivity index (χ1) is 16.6. The molecule has 4 heterocycles. The smallest absolute Gasteiger partial charge is 0.233 e. The lowest BCUT2D eigenvalue weighted by molar-refractivity contribution is -0.141. The molecule has 1 aromatic carbocycles. The molecule has 8 nitrogen and oxygen atoms in total. The molecule has 0 saturated carbocycles. The highest BCUT2D eigenvalue weighted by Crippen LogP contribution is 2.37. The van der Waals surface area contributed by atoms with E-state index in [1.165, 1.54) is 0 Å². The van der Waals surface area contributed by atoms with Crippen molar-refractivity contribution in [3.63, 3.8) is 0 Å². The molecule has 2 aliphatic heterocycles. The minimum absolute atomic E-state index is 0.220. The van der Waals surface area contributed by atoms with Crippen molar-refractivity contribution in [2.45, 2.75) is 25.2 Å². The zero-order valence-electron chi connectivity index (χ0n) is 19.5. The number of ether oxygens (including phenoxy) is 1. The number of piperazine rings is 1. The van der Waals surface area contributed by atoms with Gasteiger partial charge in [0.15, 0.2) is 11.6 Å². The van der Waals surface area contributed by atoms with E-state index >= 15 is 0 Å². The van der Waals surface area contributed by atoms with Crippen molar-refractivity contribution in [1.82, 2.24) is 20.1 Å². The maximum atomic E-state index is 13.8. The van der Waals surface area contributed by atoms with Crippen LogP contribution in [0.2, 0.25) is 0 Å². The van der Waals surface area contributed by atoms with Crippen molar-refractivity contribution in [2.75, 3.05) is 49.6 Å². The second-order valence-corrected chi connectivity index (χ2v) is 8.96. The quantitative estimate of drug-likeness (QED) is 0.628. The molecule has 2 aliphatic rings. The molecule has 3 aromatic rings. The van der Waals surface area contributed by atoms with Gasteiger partial charge in [0.2, 0.25) is 5.91 Å². The number of aryl methyl sites for hydroxylation is 1. The average Bonchev–Trinajstić information content (AvgIpc) is 2.91.